The van der Waals surface area contributed by atoms with Crippen molar-refractivity contribution in [3.05, 3.63) is 11.6 Å². The lowest BCUT2D eigenvalue weighted by atomic mass is 9.42. The SMILES string of the molecule is CC(=O)O[C@H]1CC[C@]23[C@H](OC(C)=O)O[C@]4(CC[C@@]2(O)C1)[C@H]3CC[C@]1(C)[C@H](C2=CC(=O)OC2)CC[C@@H]14. The van der Waals surface area contributed by atoms with Crippen LogP contribution in [-0.2, 0) is 33.3 Å². The summed E-state index contributed by atoms with van der Waals surface area (Å²) in [4.78, 5) is 35.7. The highest BCUT2D eigenvalue weighted by Crippen LogP contribution is 2.76. The smallest absolute Gasteiger partial charge is 0.331 e. The Hall–Kier alpha value is -1.93. The van der Waals surface area contributed by atoms with Crippen molar-refractivity contribution < 1.29 is 38.4 Å². The Morgan fingerprint density at radius 1 is 1.00 bits per heavy atom. The van der Waals surface area contributed by atoms with Gasteiger partial charge in [0.05, 0.1) is 16.6 Å². The van der Waals surface area contributed by atoms with Gasteiger partial charge in [0.1, 0.15) is 12.7 Å². The van der Waals surface area contributed by atoms with E-state index in [2.05, 4.69) is 6.92 Å². The number of esters is 3. The number of carbonyl (C=O) groups excluding carboxylic acids is 3. The average molecular weight is 489 g/mol. The second-order valence-electron chi connectivity index (χ2n) is 12.2. The quantitative estimate of drug-likeness (QED) is 0.477. The first-order valence-corrected chi connectivity index (χ1v) is 13.2. The van der Waals surface area contributed by atoms with Gasteiger partial charge in [0.25, 0.3) is 0 Å². The van der Waals surface area contributed by atoms with E-state index in [1.807, 2.05) is 0 Å². The molecule has 35 heavy (non-hydrogen) atoms. The number of cyclic esters (lactones) is 1. The van der Waals surface area contributed by atoms with Gasteiger partial charge in [-0.05, 0) is 74.2 Å². The van der Waals surface area contributed by atoms with Gasteiger partial charge >= 0.3 is 17.9 Å². The number of hydrogen-bond acceptors (Lipinski definition) is 8. The lowest BCUT2D eigenvalue weighted by molar-refractivity contribution is -0.243. The van der Waals surface area contributed by atoms with E-state index in [1.54, 1.807) is 6.08 Å². The predicted octanol–water partition coefficient (Wildman–Crippen LogP) is 3.20. The second-order valence-corrected chi connectivity index (χ2v) is 12.2. The van der Waals surface area contributed by atoms with Crippen molar-refractivity contribution in [1.82, 2.24) is 0 Å². The van der Waals surface area contributed by atoms with Crippen LogP contribution < -0.4 is 0 Å². The van der Waals surface area contributed by atoms with Crippen molar-refractivity contribution in [1.29, 1.82) is 0 Å². The van der Waals surface area contributed by atoms with Crippen LogP contribution in [0.4, 0.5) is 0 Å². The molecule has 2 heterocycles. The van der Waals surface area contributed by atoms with Crippen LogP contribution in [0.5, 0.6) is 0 Å². The molecule has 6 aliphatic rings. The molecular weight excluding hydrogens is 452 g/mol. The Morgan fingerprint density at radius 3 is 2.46 bits per heavy atom. The van der Waals surface area contributed by atoms with Crippen LogP contribution in [0, 0.1) is 28.6 Å². The molecular formula is C27H36O8. The summed E-state index contributed by atoms with van der Waals surface area (Å²) in [7, 11) is 0. The van der Waals surface area contributed by atoms with E-state index in [-0.39, 0.29) is 41.2 Å². The molecule has 1 saturated heterocycles. The Bertz CT molecular complexity index is 1010. The Kier molecular flexibility index (Phi) is 5.06. The molecule has 2 aliphatic heterocycles. The summed E-state index contributed by atoms with van der Waals surface area (Å²) in [5, 5.41) is 12.2. The summed E-state index contributed by atoms with van der Waals surface area (Å²) >= 11 is 0. The zero-order valence-electron chi connectivity index (χ0n) is 20.8. The molecule has 4 saturated carbocycles. The molecule has 1 N–H and O–H groups in total. The van der Waals surface area contributed by atoms with Crippen LogP contribution in [-0.4, -0.2) is 53.2 Å². The number of aliphatic hydroxyl groups is 1. The molecule has 9 atom stereocenters. The van der Waals surface area contributed by atoms with Gasteiger partial charge in [-0.25, -0.2) is 4.79 Å². The van der Waals surface area contributed by atoms with Gasteiger partial charge in [0.15, 0.2) is 0 Å². The van der Waals surface area contributed by atoms with Crippen molar-refractivity contribution >= 4 is 17.9 Å². The van der Waals surface area contributed by atoms with Gasteiger partial charge in [-0.2, -0.15) is 0 Å². The molecule has 1 spiro atoms. The molecule has 0 aromatic carbocycles. The minimum Gasteiger partial charge on any atom is -0.462 e. The van der Waals surface area contributed by atoms with Gasteiger partial charge in [-0.15, -0.1) is 0 Å². The van der Waals surface area contributed by atoms with Crippen LogP contribution in [0.3, 0.4) is 0 Å². The summed E-state index contributed by atoms with van der Waals surface area (Å²) in [6.07, 6.45) is 7.06. The lowest BCUT2D eigenvalue weighted by Crippen LogP contribution is -2.67. The summed E-state index contributed by atoms with van der Waals surface area (Å²) < 4.78 is 23.6. The van der Waals surface area contributed by atoms with E-state index in [4.69, 9.17) is 18.9 Å². The van der Waals surface area contributed by atoms with Crippen molar-refractivity contribution in [2.75, 3.05) is 6.61 Å². The Morgan fingerprint density at radius 2 is 1.77 bits per heavy atom. The highest BCUT2D eigenvalue weighted by molar-refractivity contribution is 5.85. The normalized spacial score (nSPS) is 49.9. The molecule has 8 nitrogen and oxygen atoms in total. The maximum atomic E-state index is 12.2. The molecule has 5 fully saturated rings. The van der Waals surface area contributed by atoms with Gasteiger partial charge < -0.3 is 24.1 Å². The molecule has 8 heteroatoms. The maximum Gasteiger partial charge on any atom is 0.331 e. The Labute approximate surface area is 205 Å². The van der Waals surface area contributed by atoms with E-state index < -0.39 is 28.9 Å². The van der Waals surface area contributed by atoms with E-state index in [9.17, 15) is 19.5 Å². The fraction of sp³-hybridized carbons (Fsp3) is 0.815. The molecule has 0 aromatic rings. The molecule has 0 amide bonds. The third-order valence-corrected chi connectivity index (χ3v) is 10.8. The molecule has 0 aromatic heterocycles. The third kappa shape index (κ3) is 3.02. The van der Waals surface area contributed by atoms with E-state index in [1.165, 1.54) is 13.8 Å². The highest BCUT2D eigenvalue weighted by atomic mass is 16.7. The molecule has 6 rings (SSSR count). The second kappa shape index (κ2) is 7.54. The van der Waals surface area contributed by atoms with Crippen molar-refractivity contribution in [2.45, 2.75) is 102 Å². The van der Waals surface area contributed by atoms with Crippen molar-refractivity contribution in [3.63, 3.8) is 0 Å². The number of hydrogen-bond donors (Lipinski definition) is 1. The Balaban J connectivity index is 1.39. The third-order valence-electron chi connectivity index (χ3n) is 10.8. The van der Waals surface area contributed by atoms with Gasteiger partial charge in [0.2, 0.25) is 6.29 Å². The van der Waals surface area contributed by atoms with Crippen LogP contribution in [0.15, 0.2) is 11.6 Å². The van der Waals surface area contributed by atoms with Crippen LogP contribution in [0.25, 0.3) is 0 Å². The average Bonchev–Trinajstić information content (AvgIpc) is 3.40. The van der Waals surface area contributed by atoms with Gasteiger partial charge in [-0.3, -0.25) is 9.59 Å². The van der Waals surface area contributed by atoms with E-state index in [0.29, 0.717) is 38.7 Å². The fourth-order valence-corrected chi connectivity index (χ4v) is 9.75. The van der Waals surface area contributed by atoms with Crippen molar-refractivity contribution in [3.8, 4) is 0 Å². The molecule has 0 unspecified atom stereocenters. The van der Waals surface area contributed by atoms with Crippen LogP contribution >= 0.6 is 0 Å². The summed E-state index contributed by atoms with van der Waals surface area (Å²) in [6, 6.07) is 0. The monoisotopic (exact) mass is 488 g/mol. The minimum absolute atomic E-state index is 0.0486. The molecule has 192 valence electrons. The predicted molar refractivity (Wildman–Crippen MR) is 121 cm³/mol. The fourth-order valence-electron chi connectivity index (χ4n) is 9.75. The number of fused-ring (bicyclic) bond motifs is 1. The zero-order chi connectivity index (χ0) is 24.8. The first-order chi connectivity index (χ1) is 16.5. The molecule has 0 radical (unpaired) electrons. The zero-order valence-corrected chi connectivity index (χ0v) is 20.8. The standard InChI is InChI=1S/C27H36O8/c1-15(28)33-18-6-9-26-21-7-8-24(3)19(17-12-22(30)32-14-17)4-5-20(24)27(21,11-10-25(26,31)13-18)35-23(26)34-16(2)29/h12,18-21,23,31H,4-11,13-14H2,1-3H3/t18-,19-,20-,21-,23+,24+,25+,26-,27-/m0/s1. The number of ether oxygens (including phenoxy) is 4. The lowest BCUT2D eigenvalue weighted by Gasteiger charge is -2.63. The van der Waals surface area contributed by atoms with Crippen LogP contribution in [0.1, 0.15) is 78.6 Å². The summed E-state index contributed by atoms with van der Waals surface area (Å²) in [5.41, 5.74) is -1.28. The molecule has 4 aliphatic carbocycles. The number of rotatable bonds is 3. The summed E-state index contributed by atoms with van der Waals surface area (Å²) in [5.74, 6) is -0.437. The molecule has 2 bridgehead atoms. The maximum absolute atomic E-state index is 12.2. The van der Waals surface area contributed by atoms with Gasteiger partial charge in [-0.1, -0.05) is 6.92 Å². The first-order valence-electron chi connectivity index (χ1n) is 13.2. The largest absolute Gasteiger partial charge is 0.462 e. The summed E-state index contributed by atoms with van der Waals surface area (Å²) in [6.45, 7) is 5.50. The van der Waals surface area contributed by atoms with E-state index in [0.717, 1.165) is 31.3 Å². The first kappa shape index (κ1) is 23.5. The minimum atomic E-state index is -1.13. The van der Waals surface area contributed by atoms with Crippen molar-refractivity contribution in [2.24, 2.45) is 28.6 Å². The van der Waals surface area contributed by atoms with Gasteiger partial charge in [0, 0.05) is 32.3 Å². The number of carbonyl (C=O) groups is 3. The van der Waals surface area contributed by atoms with E-state index >= 15 is 0 Å². The topological polar surface area (TPSA) is 108 Å². The highest BCUT2D eigenvalue weighted by Gasteiger charge is 2.80. The van der Waals surface area contributed by atoms with Crippen LogP contribution in [0.2, 0.25) is 0 Å².